The summed E-state index contributed by atoms with van der Waals surface area (Å²) in [5, 5.41) is 7.00. The van der Waals surface area contributed by atoms with E-state index in [1.54, 1.807) is 30.3 Å². The molecule has 0 fully saturated rings. The molecule has 0 atom stereocenters. The van der Waals surface area contributed by atoms with E-state index >= 15 is 0 Å². The zero-order chi connectivity index (χ0) is 17.6. The Balaban J connectivity index is 1.61. The molecule has 0 spiro atoms. The molecular weight excluding hydrogens is 338 g/mol. The van der Waals surface area contributed by atoms with Crippen LogP contribution in [0.25, 0.3) is 10.6 Å². The van der Waals surface area contributed by atoms with Crippen molar-refractivity contribution >= 4 is 28.8 Å². The van der Waals surface area contributed by atoms with Crippen LogP contribution in [-0.2, 0) is 4.79 Å². The number of carbonyl (C=O) groups excluding carboxylic acids is 2. The van der Waals surface area contributed by atoms with Crippen LogP contribution in [0.15, 0.2) is 64.8 Å². The van der Waals surface area contributed by atoms with Gasteiger partial charge < -0.3 is 15.6 Å². The Hall–Kier alpha value is -3.19. The van der Waals surface area contributed by atoms with Crippen LogP contribution >= 0.6 is 11.3 Å². The number of amides is 2. The van der Waals surface area contributed by atoms with E-state index in [2.05, 4.69) is 15.6 Å². The SMILES string of the molecule is O=C(CNC(=O)c1ccc(-c2cccs2)[nH]c1=O)Nc1ccccc1. The quantitative estimate of drug-likeness (QED) is 0.658. The number of carbonyl (C=O) groups is 2. The van der Waals surface area contributed by atoms with Gasteiger partial charge in [0, 0.05) is 5.69 Å². The fourth-order valence-electron chi connectivity index (χ4n) is 2.21. The van der Waals surface area contributed by atoms with Crippen LogP contribution in [0.3, 0.4) is 0 Å². The van der Waals surface area contributed by atoms with Gasteiger partial charge >= 0.3 is 0 Å². The summed E-state index contributed by atoms with van der Waals surface area (Å²) in [4.78, 5) is 39.6. The van der Waals surface area contributed by atoms with Gasteiger partial charge in [0.2, 0.25) is 5.91 Å². The van der Waals surface area contributed by atoms with E-state index in [0.717, 1.165) is 4.88 Å². The zero-order valence-corrected chi connectivity index (χ0v) is 13.9. The van der Waals surface area contributed by atoms with E-state index < -0.39 is 11.5 Å². The first-order valence-corrected chi connectivity index (χ1v) is 8.42. The highest BCUT2D eigenvalue weighted by Crippen LogP contribution is 2.21. The number of benzene rings is 1. The molecule has 3 rings (SSSR count). The Morgan fingerprint density at radius 1 is 1.00 bits per heavy atom. The lowest BCUT2D eigenvalue weighted by Gasteiger charge is -2.07. The molecule has 0 saturated carbocycles. The molecule has 0 radical (unpaired) electrons. The van der Waals surface area contributed by atoms with Crippen molar-refractivity contribution in [3.63, 3.8) is 0 Å². The lowest BCUT2D eigenvalue weighted by Crippen LogP contribution is -2.35. The molecular formula is C18H15N3O3S. The Bertz CT molecular complexity index is 934. The molecule has 6 nitrogen and oxygen atoms in total. The second-order valence-corrected chi connectivity index (χ2v) is 6.14. The van der Waals surface area contributed by atoms with Crippen molar-refractivity contribution in [3.05, 3.63) is 75.9 Å². The molecule has 3 aromatic rings. The van der Waals surface area contributed by atoms with E-state index in [9.17, 15) is 14.4 Å². The van der Waals surface area contributed by atoms with Crippen molar-refractivity contribution < 1.29 is 9.59 Å². The number of H-pyrrole nitrogens is 1. The van der Waals surface area contributed by atoms with Crippen LogP contribution < -0.4 is 16.2 Å². The van der Waals surface area contributed by atoms with E-state index in [-0.39, 0.29) is 18.0 Å². The number of aromatic amines is 1. The molecule has 7 heteroatoms. The van der Waals surface area contributed by atoms with Crippen LogP contribution in [0.4, 0.5) is 5.69 Å². The maximum atomic E-state index is 12.1. The molecule has 1 aromatic carbocycles. The molecule has 2 amide bonds. The minimum atomic E-state index is -0.595. The average molecular weight is 353 g/mol. The smallest absolute Gasteiger partial charge is 0.261 e. The Morgan fingerprint density at radius 2 is 1.80 bits per heavy atom. The number of pyridine rings is 1. The predicted molar refractivity (Wildman–Crippen MR) is 97.8 cm³/mol. The molecule has 25 heavy (non-hydrogen) atoms. The first kappa shape index (κ1) is 16.7. The highest BCUT2D eigenvalue weighted by atomic mass is 32.1. The first-order chi connectivity index (χ1) is 12.1. The van der Waals surface area contributed by atoms with Gasteiger partial charge in [-0.25, -0.2) is 0 Å². The molecule has 2 heterocycles. The number of thiophene rings is 1. The molecule has 3 N–H and O–H groups in total. The third-order valence-corrected chi connectivity index (χ3v) is 4.31. The van der Waals surface area contributed by atoms with Crippen LogP contribution in [0.5, 0.6) is 0 Å². The summed E-state index contributed by atoms with van der Waals surface area (Å²) in [6.45, 7) is -0.222. The third kappa shape index (κ3) is 4.21. The molecule has 0 bridgehead atoms. The van der Waals surface area contributed by atoms with E-state index in [0.29, 0.717) is 11.4 Å². The minimum absolute atomic E-state index is 0.0344. The standard InChI is InChI=1S/C18H15N3O3S/c22-16(20-12-5-2-1-3-6-12)11-19-17(23)13-8-9-14(21-18(13)24)15-7-4-10-25-15/h1-10H,11H2,(H,19,23)(H,20,22)(H,21,24). The van der Waals surface area contributed by atoms with Crippen molar-refractivity contribution in [2.75, 3.05) is 11.9 Å². The summed E-state index contributed by atoms with van der Waals surface area (Å²) in [6, 6.07) is 15.8. The highest BCUT2D eigenvalue weighted by molar-refractivity contribution is 7.13. The first-order valence-electron chi connectivity index (χ1n) is 7.54. The second-order valence-electron chi connectivity index (χ2n) is 5.19. The van der Waals surface area contributed by atoms with Gasteiger partial charge in [0.05, 0.1) is 17.1 Å². The summed E-state index contributed by atoms with van der Waals surface area (Å²) in [6.07, 6.45) is 0. The Labute approximate surface area is 147 Å². The number of anilines is 1. The number of rotatable bonds is 5. The molecule has 0 aliphatic carbocycles. The van der Waals surface area contributed by atoms with Crippen LogP contribution in [0.1, 0.15) is 10.4 Å². The Kier molecular flexibility index (Phi) is 5.06. The lowest BCUT2D eigenvalue weighted by atomic mass is 10.2. The zero-order valence-electron chi connectivity index (χ0n) is 13.1. The maximum Gasteiger partial charge on any atom is 0.261 e. The molecule has 0 aliphatic heterocycles. The van der Waals surface area contributed by atoms with Gasteiger partial charge in [-0.2, -0.15) is 0 Å². The van der Waals surface area contributed by atoms with Gasteiger partial charge in [0.1, 0.15) is 5.56 Å². The van der Waals surface area contributed by atoms with Crippen molar-refractivity contribution in [2.24, 2.45) is 0 Å². The van der Waals surface area contributed by atoms with E-state index in [1.165, 1.54) is 17.4 Å². The monoisotopic (exact) mass is 353 g/mol. The van der Waals surface area contributed by atoms with Gasteiger partial charge in [0.25, 0.3) is 11.5 Å². The highest BCUT2D eigenvalue weighted by Gasteiger charge is 2.13. The van der Waals surface area contributed by atoms with Crippen molar-refractivity contribution in [1.82, 2.24) is 10.3 Å². The van der Waals surface area contributed by atoms with Crippen molar-refractivity contribution in [3.8, 4) is 10.6 Å². The predicted octanol–water partition coefficient (Wildman–Crippen LogP) is 2.47. The van der Waals surface area contributed by atoms with E-state index in [1.807, 2.05) is 23.6 Å². The summed E-state index contributed by atoms with van der Waals surface area (Å²) < 4.78 is 0. The fourth-order valence-corrected chi connectivity index (χ4v) is 2.92. The molecule has 0 aliphatic rings. The normalized spacial score (nSPS) is 10.2. The third-order valence-electron chi connectivity index (χ3n) is 3.41. The maximum absolute atomic E-state index is 12.1. The van der Waals surface area contributed by atoms with E-state index in [4.69, 9.17) is 0 Å². The van der Waals surface area contributed by atoms with Gasteiger partial charge in [0.15, 0.2) is 0 Å². The topological polar surface area (TPSA) is 91.1 Å². The van der Waals surface area contributed by atoms with Crippen LogP contribution in [0, 0.1) is 0 Å². The molecule has 0 saturated heterocycles. The number of nitrogens with one attached hydrogen (secondary N) is 3. The fraction of sp³-hybridized carbons (Fsp3) is 0.0556. The second kappa shape index (κ2) is 7.59. The van der Waals surface area contributed by atoms with Crippen molar-refractivity contribution in [1.29, 1.82) is 0 Å². The largest absolute Gasteiger partial charge is 0.343 e. The van der Waals surface area contributed by atoms with Crippen LogP contribution in [-0.4, -0.2) is 23.3 Å². The van der Waals surface area contributed by atoms with Gasteiger partial charge in [-0.15, -0.1) is 11.3 Å². The van der Waals surface area contributed by atoms with Crippen LogP contribution in [0.2, 0.25) is 0 Å². The number of aromatic nitrogens is 1. The lowest BCUT2D eigenvalue weighted by molar-refractivity contribution is -0.115. The Morgan fingerprint density at radius 3 is 2.48 bits per heavy atom. The summed E-state index contributed by atoms with van der Waals surface area (Å²) in [7, 11) is 0. The number of hydrogen-bond donors (Lipinski definition) is 3. The van der Waals surface area contributed by atoms with Gasteiger partial charge in [-0.3, -0.25) is 14.4 Å². The van der Waals surface area contributed by atoms with Gasteiger partial charge in [-0.1, -0.05) is 24.3 Å². The minimum Gasteiger partial charge on any atom is -0.343 e. The molecule has 0 unspecified atom stereocenters. The summed E-state index contributed by atoms with van der Waals surface area (Å²) >= 11 is 1.49. The number of hydrogen-bond acceptors (Lipinski definition) is 4. The number of para-hydroxylation sites is 1. The molecule has 2 aromatic heterocycles. The van der Waals surface area contributed by atoms with Gasteiger partial charge in [-0.05, 0) is 35.7 Å². The summed E-state index contributed by atoms with van der Waals surface area (Å²) in [5.74, 6) is -0.964. The van der Waals surface area contributed by atoms with Crippen molar-refractivity contribution in [2.45, 2.75) is 0 Å². The average Bonchev–Trinajstić information content (AvgIpc) is 3.15. The molecule has 126 valence electrons. The summed E-state index contributed by atoms with van der Waals surface area (Å²) in [5.41, 5.74) is 0.762.